The van der Waals surface area contributed by atoms with Crippen molar-refractivity contribution in [2.24, 2.45) is 5.73 Å². The highest BCUT2D eigenvalue weighted by Gasteiger charge is 2.22. The van der Waals surface area contributed by atoms with Crippen molar-refractivity contribution in [3.63, 3.8) is 0 Å². The van der Waals surface area contributed by atoms with Crippen LogP contribution in [0.15, 0.2) is 23.1 Å². The number of aromatic nitrogens is 2. The average Bonchev–Trinajstić information content (AvgIpc) is 2.47. The lowest BCUT2D eigenvalue weighted by Crippen LogP contribution is -2.24. The van der Waals surface area contributed by atoms with Crippen molar-refractivity contribution in [3.8, 4) is 0 Å². The summed E-state index contributed by atoms with van der Waals surface area (Å²) in [4.78, 5) is 30.8. The number of nitrogens with two attached hydrogens (primary N) is 1. The van der Waals surface area contributed by atoms with Crippen molar-refractivity contribution in [2.75, 3.05) is 6.61 Å². The molecule has 3 heterocycles. The Labute approximate surface area is 121 Å². The van der Waals surface area contributed by atoms with Gasteiger partial charge in [0.15, 0.2) is 5.43 Å². The number of aromatic amines is 1. The molecule has 0 spiro atoms. The first kappa shape index (κ1) is 13.8. The number of nitrogens with zero attached hydrogens (tertiary/aromatic N) is 1. The maximum absolute atomic E-state index is 12.3. The summed E-state index contributed by atoms with van der Waals surface area (Å²) in [5.74, 6) is -0.530. The molecule has 0 aliphatic carbocycles. The molecule has 1 aliphatic heterocycles. The lowest BCUT2D eigenvalue weighted by atomic mass is 9.95. The van der Waals surface area contributed by atoms with Crippen molar-refractivity contribution < 1.29 is 9.53 Å². The van der Waals surface area contributed by atoms with Gasteiger partial charge in [0.2, 0.25) is 0 Å². The Kier molecular flexibility index (Phi) is 3.47. The molecule has 1 unspecified atom stereocenters. The fourth-order valence-corrected chi connectivity index (χ4v) is 2.76. The molecule has 21 heavy (non-hydrogen) atoms. The molecule has 1 aliphatic rings. The molecule has 0 bridgehead atoms. The summed E-state index contributed by atoms with van der Waals surface area (Å²) in [6.45, 7) is 2.64. The molecule has 2 aromatic rings. The van der Waals surface area contributed by atoms with E-state index in [1.165, 1.54) is 12.3 Å². The smallest absolute Gasteiger partial charge is 0.268 e. The molecule has 0 aromatic carbocycles. The van der Waals surface area contributed by atoms with Crippen LogP contribution >= 0.6 is 0 Å². The third kappa shape index (κ3) is 2.54. The number of ether oxygens (including phenoxy) is 1. The van der Waals surface area contributed by atoms with Gasteiger partial charge in [-0.25, -0.2) is 0 Å². The summed E-state index contributed by atoms with van der Waals surface area (Å²) in [5, 5.41) is 0.249. The van der Waals surface area contributed by atoms with Crippen LogP contribution in [0.4, 0.5) is 0 Å². The Morgan fingerprint density at radius 1 is 1.48 bits per heavy atom. The molecule has 1 saturated heterocycles. The summed E-state index contributed by atoms with van der Waals surface area (Å²) in [6, 6.07) is 3.21. The van der Waals surface area contributed by atoms with Crippen LogP contribution in [0.1, 0.15) is 41.9 Å². The van der Waals surface area contributed by atoms with Gasteiger partial charge in [-0.05, 0) is 25.8 Å². The zero-order valence-electron chi connectivity index (χ0n) is 11.8. The van der Waals surface area contributed by atoms with E-state index in [2.05, 4.69) is 9.97 Å². The van der Waals surface area contributed by atoms with Gasteiger partial charge in [-0.2, -0.15) is 0 Å². The van der Waals surface area contributed by atoms with Gasteiger partial charge < -0.3 is 15.5 Å². The number of nitrogens with one attached hydrogen (secondary N) is 1. The Morgan fingerprint density at radius 3 is 2.95 bits per heavy atom. The quantitative estimate of drug-likeness (QED) is 0.869. The maximum Gasteiger partial charge on any atom is 0.268 e. The molecule has 110 valence electrons. The lowest BCUT2D eigenvalue weighted by Gasteiger charge is -2.27. The van der Waals surface area contributed by atoms with Gasteiger partial charge in [-0.3, -0.25) is 14.6 Å². The summed E-state index contributed by atoms with van der Waals surface area (Å²) >= 11 is 0. The number of rotatable bonds is 2. The van der Waals surface area contributed by atoms with Crippen LogP contribution < -0.4 is 11.2 Å². The minimum Gasteiger partial charge on any atom is -0.378 e. The Morgan fingerprint density at radius 2 is 2.29 bits per heavy atom. The summed E-state index contributed by atoms with van der Waals surface area (Å²) in [6.07, 6.45) is 3.67. The molecule has 6 nitrogen and oxygen atoms in total. The molecule has 1 amide bonds. The largest absolute Gasteiger partial charge is 0.378 e. The molecule has 6 heteroatoms. The highest BCUT2D eigenvalue weighted by atomic mass is 16.5. The van der Waals surface area contributed by atoms with E-state index in [1.54, 1.807) is 6.07 Å². The second-order valence-corrected chi connectivity index (χ2v) is 5.45. The standard InChI is InChI=1S/C15H17N3O3/c1-8-2-3-9(7-21-8)11-6-12(19)13-10(18-11)4-5-17-14(13)15(16)20/h4-6,8-9H,2-3,7H2,1H3,(H2,16,20)(H,18,19)/t8?,9-/m0/s1. The molecule has 2 atom stereocenters. The van der Waals surface area contributed by atoms with Crippen molar-refractivity contribution in [3.05, 3.63) is 39.9 Å². The SMILES string of the molecule is CC1CC[C@H](c2cc(=O)c3c(C(N)=O)nccc3[nH]2)CO1. The molecular formula is C15H17N3O3. The van der Waals surface area contributed by atoms with Crippen LogP contribution in [0.3, 0.4) is 0 Å². The van der Waals surface area contributed by atoms with E-state index < -0.39 is 5.91 Å². The predicted molar refractivity (Wildman–Crippen MR) is 78.3 cm³/mol. The monoisotopic (exact) mass is 287 g/mol. The van der Waals surface area contributed by atoms with E-state index in [1.807, 2.05) is 6.92 Å². The fourth-order valence-electron chi connectivity index (χ4n) is 2.76. The number of H-pyrrole nitrogens is 1. The van der Waals surface area contributed by atoms with E-state index in [0.29, 0.717) is 12.1 Å². The molecular weight excluding hydrogens is 270 g/mol. The zero-order chi connectivity index (χ0) is 15.0. The second kappa shape index (κ2) is 5.29. The van der Waals surface area contributed by atoms with Crippen molar-refractivity contribution in [1.82, 2.24) is 9.97 Å². The van der Waals surface area contributed by atoms with E-state index in [0.717, 1.165) is 18.5 Å². The topological polar surface area (TPSA) is 98.1 Å². The minimum atomic E-state index is -0.700. The normalized spacial score (nSPS) is 22.3. The van der Waals surface area contributed by atoms with Crippen LogP contribution in [0.5, 0.6) is 0 Å². The number of pyridine rings is 2. The molecule has 2 aromatic heterocycles. The molecule has 1 fully saturated rings. The van der Waals surface area contributed by atoms with Crippen LogP contribution in [0.2, 0.25) is 0 Å². The van der Waals surface area contributed by atoms with Crippen molar-refractivity contribution in [2.45, 2.75) is 31.8 Å². The average molecular weight is 287 g/mol. The third-order valence-electron chi connectivity index (χ3n) is 3.94. The lowest BCUT2D eigenvalue weighted by molar-refractivity contribution is 0.0147. The highest BCUT2D eigenvalue weighted by molar-refractivity contribution is 6.03. The zero-order valence-corrected chi connectivity index (χ0v) is 11.8. The fraction of sp³-hybridized carbons (Fsp3) is 0.400. The minimum absolute atomic E-state index is 0.00816. The molecule has 0 saturated carbocycles. The van der Waals surface area contributed by atoms with Gasteiger partial charge in [-0.15, -0.1) is 0 Å². The number of carbonyl (C=O) groups excluding carboxylic acids is 1. The first-order chi connectivity index (χ1) is 10.1. The van der Waals surface area contributed by atoms with E-state index in [-0.39, 0.29) is 28.5 Å². The maximum atomic E-state index is 12.3. The number of amides is 1. The van der Waals surface area contributed by atoms with Crippen LogP contribution in [0, 0.1) is 0 Å². The highest BCUT2D eigenvalue weighted by Crippen LogP contribution is 2.27. The van der Waals surface area contributed by atoms with E-state index >= 15 is 0 Å². The number of primary amides is 1. The Hall–Kier alpha value is -2.21. The third-order valence-corrected chi connectivity index (χ3v) is 3.94. The van der Waals surface area contributed by atoms with Crippen LogP contribution in [-0.4, -0.2) is 28.6 Å². The molecule has 0 radical (unpaired) electrons. The van der Waals surface area contributed by atoms with Crippen LogP contribution in [-0.2, 0) is 4.74 Å². The first-order valence-corrected chi connectivity index (χ1v) is 6.99. The number of fused-ring (bicyclic) bond motifs is 1. The summed E-state index contributed by atoms with van der Waals surface area (Å²) in [5.41, 5.74) is 6.46. The van der Waals surface area contributed by atoms with Gasteiger partial charge in [0.25, 0.3) is 5.91 Å². The number of carbonyl (C=O) groups is 1. The first-order valence-electron chi connectivity index (χ1n) is 6.99. The van der Waals surface area contributed by atoms with Crippen LogP contribution in [0.25, 0.3) is 10.9 Å². The van der Waals surface area contributed by atoms with Gasteiger partial charge in [-0.1, -0.05) is 0 Å². The van der Waals surface area contributed by atoms with E-state index in [4.69, 9.17) is 10.5 Å². The Balaban J connectivity index is 2.08. The van der Waals surface area contributed by atoms with E-state index in [9.17, 15) is 9.59 Å². The summed E-state index contributed by atoms with van der Waals surface area (Å²) < 4.78 is 5.65. The van der Waals surface area contributed by atoms with Gasteiger partial charge in [0.1, 0.15) is 5.69 Å². The van der Waals surface area contributed by atoms with Gasteiger partial charge >= 0.3 is 0 Å². The van der Waals surface area contributed by atoms with Gasteiger partial charge in [0.05, 0.1) is 23.6 Å². The van der Waals surface area contributed by atoms with Crippen molar-refractivity contribution >= 4 is 16.8 Å². The van der Waals surface area contributed by atoms with Crippen molar-refractivity contribution in [1.29, 1.82) is 0 Å². The summed E-state index contributed by atoms with van der Waals surface area (Å²) in [7, 11) is 0. The molecule has 3 rings (SSSR count). The Bertz CT molecular complexity index is 745. The number of hydrogen-bond donors (Lipinski definition) is 2. The molecule has 3 N–H and O–H groups in total. The van der Waals surface area contributed by atoms with Gasteiger partial charge in [0, 0.05) is 23.9 Å². The second-order valence-electron chi connectivity index (χ2n) is 5.45. The predicted octanol–water partition coefficient (Wildman–Crippen LogP) is 1.30. The number of hydrogen-bond acceptors (Lipinski definition) is 4.